The average molecular weight is 397 g/mol. The summed E-state index contributed by atoms with van der Waals surface area (Å²) in [6.45, 7) is 2.25. The van der Waals surface area contributed by atoms with Gasteiger partial charge in [0.1, 0.15) is 11.9 Å². The molecular weight excluding hydrogens is 377 g/mol. The largest absolute Gasteiger partial charge is 0.449 e. The number of benzene rings is 2. The van der Waals surface area contributed by atoms with E-state index in [4.69, 9.17) is 4.74 Å². The fourth-order valence-electron chi connectivity index (χ4n) is 3.62. The van der Waals surface area contributed by atoms with Crippen molar-refractivity contribution in [3.8, 4) is 0 Å². The van der Waals surface area contributed by atoms with Crippen LogP contribution in [-0.4, -0.2) is 36.5 Å². The molecule has 2 aliphatic rings. The minimum atomic E-state index is -1.05. The SMILES string of the molecule is C[C@@H](OC(=O)c1ccc2c(c1)NC(=O)[C@H]1CCCN21)C(=O)Nc1ccc(F)cc1. The van der Waals surface area contributed by atoms with Crippen LogP contribution in [0.2, 0.25) is 0 Å². The van der Waals surface area contributed by atoms with E-state index in [1.54, 1.807) is 18.2 Å². The molecule has 0 spiro atoms. The zero-order chi connectivity index (χ0) is 20.5. The van der Waals surface area contributed by atoms with Crippen molar-refractivity contribution in [2.24, 2.45) is 0 Å². The van der Waals surface area contributed by atoms with Gasteiger partial charge in [0.2, 0.25) is 5.91 Å². The number of anilines is 3. The Balaban J connectivity index is 1.43. The Kier molecular flexibility index (Phi) is 4.92. The molecule has 29 heavy (non-hydrogen) atoms. The number of hydrogen-bond donors (Lipinski definition) is 2. The first-order chi connectivity index (χ1) is 13.9. The van der Waals surface area contributed by atoms with E-state index < -0.39 is 23.8 Å². The molecule has 8 heteroatoms. The van der Waals surface area contributed by atoms with Gasteiger partial charge in [0.25, 0.3) is 5.91 Å². The Bertz CT molecular complexity index is 976. The van der Waals surface area contributed by atoms with Crippen LogP contribution in [0.3, 0.4) is 0 Å². The van der Waals surface area contributed by atoms with Crippen molar-refractivity contribution in [3.63, 3.8) is 0 Å². The summed E-state index contributed by atoms with van der Waals surface area (Å²) in [6, 6.07) is 10.1. The first-order valence-corrected chi connectivity index (χ1v) is 9.41. The molecule has 0 unspecified atom stereocenters. The number of amides is 2. The van der Waals surface area contributed by atoms with Gasteiger partial charge in [-0.3, -0.25) is 9.59 Å². The number of halogens is 1. The topological polar surface area (TPSA) is 87.7 Å². The normalized spacial score (nSPS) is 18.3. The molecule has 2 aromatic rings. The second-order valence-electron chi connectivity index (χ2n) is 7.12. The lowest BCUT2D eigenvalue weighted by Gasteiger charge is -2.33. The number of hydrogen-bond acceptors (Lipinski definition) is 5. The Morgan fingerprint density at radius 1 is 1.24 bits per heavy atom. The lowest BCUT2D eigenvalue weighted by atomic mass is 10.1. The minimum Gasteiger partial charge on any atom is -0.449 e. The minimum absolute atomic E-state index is 0.0763. The van der Waals surface area contributed by atoms with Gasteiger partial charge in [-0.2, -0.15) is 0 Å². The molecule has 0 aliphatic carbocycles. The Morgan fingerprint density at radius 3 is 2.76 bits per heavy atom. The Hall–Kier alpha value is -3.42. The van der Waals surface area contributed by atoms with Crippen molar-refractivity contribution in [3.05, 3.63) is 53.8 Å². The van der Waals surface area contributed by atoms with Crippen LogP contribution in [0.15, 0.2) is 42.5 Å². The average Bonchev–Trinajstić information content (AvgIpc) is 3.20. The van der Waals surface area contributed by atoms with Crippen LogP contribution in [0.4, 0.5) is 21.5 Å². The third-order valence-electron chi connectivity index (χ3n) is 5.12. The first kappa shape index (κ1) is 18.9. The quantitative estimate of drug-likeness (QED) is 0.775. The highest BCUT2D eigenvalue weighted by Crippen LogP contribution is 2.37. The molecule has 150 valence electrons. The Morgan fingerprint density at radius 2 is 2.00 bits per heavy atom. The number of carbonyl (C=O) groups excluding carboxylic acids is 3. The fourth-order valence-corrected chi connectivity index (χ4v) is 3.62. The first-order valence-electron chi connectivity index (χ1n) is 9.41. The van der Waals surface area contributed by atoms with Gasteiger partial charge in [-0.25, -0.2) is 9.18 Å². The molecule has 2 N–H and O–H groups in total. The maximum Gasteiger partial charge on any atom is 0.338 e. The maximum atomic E-state index is 12.9. The zero-order valence-corrected chi connectivity index (χ0v) is 15.8. The van der Waals surface area contributed by atoms with Crippen molar-refractivity contribution < 1.29 is 23.5 Å². The molecule has 2 heterocycles. The summed E-state index contributed by atoms with van der Waals surface area (Å²) in [5.74, 6) is -1.70. The molecule has 0 saturated carbocycles. The van der Waals surface area contributed by atoms with Crippen molar-refractivity contribution in [1.29, 1.82) is 0 Å². The third-order valence-corrected chi connectivity index (χ3v) is 5.12. The van der Waals surface area contributed by atoms with Gasteiger partial charge < -0.3 is 20.3 Å². The third kappa shape index (κ3) is 3.78. The van der Waals surface area contributed by atoms with Crippen molar-refractivity contribution >= 4 is 34.8 Å². The Labute approximate surface area is 166 Å². The van der Waals surface area contributed by atoms with Gasteiger partial charge in [0, 0.05) is 12.2 Å². The molecule has 0 bridgehead atoms. The van der Waals surface area contributed by atoms with Crippen LogP contribution < -0.4 is 15.5 Å². The number of esters is 1. The molecular formula is C21H20FN3O4. The molecule has 2 amide bonds. The van der Waals surface area contributed by atoms with Crippen LogP contribution in [-0.2, 0) is 14.3 Å². The van der Waals surface area contributed by atoms with E-state index in [0.717, 1.165) is 25.1 Å². The summed E-state index contributed by atoms with van der Waals surface area (Å²) in [5, 5.41) is 5.40. The molecule has 1 fully saturated rings. The highest BCUT2D eigenvalue weighted by atomic mass is 19.1. The highest BCUT2D eigenvalue weighted by Gasteiger charge is 2.36. The number of carbonyl (C=O) groups is 3. The fraction of sp³-hybridized carbons (Fsp3) is 0.286. The molecule has 1 saturated heterocycles. The standard InChI is InChI=1S/C21H20FN3O4/c1-12(19(26)23-15-7-5-14(22)6-8-15)29-21(28)13-4-9-17-16(11-13)24-20(27)18-3-2-10-25(17)18/h4-9,11-12,18H,2-3,10H2,1H3,(H,23,26)(H,24,27)/t12-,18-/m1/s1. The summed E-state index contributed by atoms with van der Waals surface area (Å²) in [7, 11) is 0. The number of nitrogens with one attached hydrogen (secondary N) is 2. The van der Waals surface area contributed by atoms with Crippen LogP contribution in [0, 0.1) is 5.82 Å². The molecule has 2 atom stereocenters. The number of ether oxygens (including phenoxy) is 1. The van der Waals surface area contributed by atoms with Crippen LogP contribution in [0.5, 0.6) is 0 Å². The maximum absolute atomic E-state index is 12.9. The van der Waals surface area contributed by atoms with Gasteiger partial charge >= 0.3 is 5.97 Å². The lowest BCUT2D eigenvalue weighted by Crippen LogP contribution is -2.43. The van der Waals surface area contributed by atoms with Gasteiger partial charge in [-0.15, -0.1) is 0 Å². The predicted molar refractivity (Wildman–Crippen MR) is 105 cm³/mol. The zero-order valence-electron chi connectivity index (χ0n) is 15.8. The number of nitrogens with zero attached hydrogens (tertiary/aromatic N) is 1. The molecule has 0 radical (unpaired) electrons. The van der Waals surface area contributed by atoms with Gasteiger partial charge in [-0.05, 0) is 62.2 Å². The smallest absolute Gasteiger partial charge is 0.338 e. The van der Waals surface area contributed by atoms with E-state index in [1.165, 1.54) is 31.2 Å². The predicted octanol–water partition coefficient (Wildman–Crippen LogP) is 2.93. The molecule has 7 nitrogen and oxygen atoms in total. The summed E-state index contributed by atoms with van der Waals surface area (Å²) >= 11 is 0. The second kappa shape index (κ2) is 7.54. The summed E-state index contributed by atoms with van der Waals surface area (Å²) in [4.78, 5) is 39.0. The van der Waals surface area contributed by atoms with Gasteiger partial charge in [-0.1, -0.05) is 0 Å². The van der Waals surface area contributed by atoms with Crippen molar-refractivity contribution in [2.75, 3.05) is 22.1 Å². The summed E-state index contributed by atoms with van der Waals surface area (Å²) < 4.78 is 18.2. The second-order valence-corrected chi connectivity index (χ2v) is 7.12. The monoisotopic (exact) mass is 397 g/mol. The van der Waals surface area contributed by atoms with Gasteiger partial charge in [0.15, 0.2) is 6.10 Å². The summed E-state index contributed by atoms with van der Waals surface area (Å²) in [6.07, 6.45) is 0.707. The van der Waals surface area contributed by atoms with E-state index in [9.17, 15) is 18.8 Å². The number of fused-ring (bicyclic) bond motifs is 3. The van der Waals surface area contributed by atoms with E-state index in [1.807, 2.05) is 4.90 Å². The molecule has 2 aliphatic heterocycles. The van der Waals surface area contributed by atoms with Crippen LogP contribution in [0.25, 0.3) is 0 Å². The molecule has 4 rings (SSSR count). The van der Waals surface area contributed by atoms with Crippen molar-refractivity contribution in [1.82, 2.24) is 0 Å². The van der Waals surface area contributed by atoms with E-state index in [-0.39, 0.29) is 17.5 Å². The highest BCUT2D eigenvalue weighted by molar-refractivity contribution is 6.05. The lowest BCUT2D eigenvalue weighted by molar-refractivity contribution is -0.123. The van der Waals surface area contributed by atoms with E-state index in [0.29, 0.717) is 11.4 Å². The van der Waals surface area contributed by atoms with Crippen LogP contribution in [0.1, 0.15) is 30.1 Å². The molecule has 0 aromatic heterocycles. The number of rotatable bonds is 4. The van der Waals surface area contributed by atoms with Crippen molar-refractivity contribution in [2.45, 2.75) is 31.9 Å². The van der Waals surface area contributed by atoms with Crippen LogP contribution >= 0.6 is 0 Å². The van der Waals surface area contributed by atoms with E-state index >= 15 is 0 Å². The van der Waals surface area contributed by atoms with Gasteiger partial charge in [0.05, 0.1) is 16.9 Å². The molecule has 2 aromatic carbocycles. The van der Waals surface area contributed by atoms with E-state index in [2.05, 4.69) is 10.6 Å². The summed E-state index contributed by atoms with van der Waals surface area (Å²) in [5.41, 5.74) is 2.08.